The summed E-state index contributed by atoms with van der Waals surface area (Å²) in [6, 6.07) is 11.4. The lowest BCUT2D eigenvalue weighted by Crippen LogP contribution is -1.92. The van der Waals surface area contributed by atoms with Gasteiger partial charge in [-0.3, -0.25) is 0 Å². The predicted molar refractivity (Wildman–Crippen MR) is 63.6 cm³/mol. The van der Waals surface area contributed by atoms with Crippen LogP contribution >= 0.6 is 0 Å². The minimum atomic E-state index is -0.590. The molecule has 2 rings (SSSR count). The van der Waals surface area contributed by atoms with Gasteiger partial charge in [0.05, 0.1) is 0 Å². The van der Waals surface area contributed by atoms with Crippen LogP contribution in [0.4, 0.5) is 4.39 Å². The lowest BCUT2D eigenvalue weighted by Gasteiger charge is -2.03. The normalized spacial score (nSPS) is 10.4. The molecular weight excluding hydrogens is 219 g/mol. The highest BCUT2D eigenvalue weighted by Crippen LogP contribution is 2.18. The van der Waals surface area contributed by atoms with Gasteiger partial charge in [0.15, 0.2) is 11.6 Å². The lowest BCUT2D eigenvalue weighted by atomic mass is 10.0. The monoisotopic (exact) mass is 232 g/mol. The summed E-state index contributed by atoms with van der Waals surface area (Å²) in [4.78, 5) is 0. The molecule has 2 N–H and O–H groups in total. The van der Waals surface area contributed by atoms with Crippen LogP contribution in [-0.4, -0.2) is 10.2 Å². The molecule has 0 amide bonds. The molecule has 0 bridgehead atoms. The van der Waals surface area contributed by atoms with Crippen molar-refractivity contribution in [2.45, 2.75) is 12.8 Å². The molecule has 0 aromatic heterocycles. The Morgan fingerprint density at radius 3 is 2.06 bits per heavy atom. The molecule has 2 aromatic carbocycles. The van der Waals surface area contributed by atoms with Gasteiger partial charge in [-0.05, 0) is 48.2 Å². The highest BCUT2D eigenvalue weighted by Gasteiger charge is 2.02. The molecule has 0 fully saturated rings. The number of aromatic hydroxyl groups is 2. The molecule has 0 unspecified atom stereocenters. The zero-order chi connectivity index (χ0) is 12.3. The van der Waals surface area contributed by atoms with Crippen molar-refractivity contribution in [3.8, 4) is 11.5 Å². The van der Waals surface area contributed by atoms with Crippen molar-refractivity contribution in [2.75, 3.05) is 0 Å². The molecule has 0 spiro atoms. The largest absolute Gasteiger partial charge is 0.508 e. The van der Waals surface area contributed by atoms with Crippen LogP contribution in [0.1, 0.15) is 11.1 Å². The summed E-state index contributed by atoms with van der Waals surface area (Å²) >= 11 is 0. The van der Waals surface area contributed by atoms with Gasteiger partial charge in [-0.2, -0.15) is 0 Å². The maximum atomic E-state index is 13.1. The fourth-order valence-corrected chi connectivity index (χ4v) is 1.66. The van der Waals surface area contributed by atoms with Crippen molar-refractivity contribution >= 4 is 0 Å². The first-order valence-electron chi connectivity index (χ1n) is 5.40. The van der Waals surface area contributed by atoms with E-state index in [4.69, 9.17) is 10.2 Å². The highest BCUT2D eigenvalue weighted by atomic mass is 19.1. The van der Waals surface area contributed by atoms with E-state index < -0.39 is 5.82 Å². The number of rotatable bonds is 3. The van der Waals surface area contributed by atoms with Crippen molar-refractivity contribution in [3.63, 3.8) is 0 Å². The fourth-order valence-electron chi connectivity index (χ4n) is 1.66. The first kappa shape index (κ1) is 11.5. The molecule has 0 saturated heterocycles. The van der Waals surface area contributed by atoms with Gasteiger partial charge in [-0.25, -0.2) is 4.39 Å². The van der Waals surface area contributed by atoms with E-state index >= 15 is 0 Å². The Morgan fingerprint density at radius 1 is 0.824 bits per heavy atom. The van der Waals surface area contributed by atoms with E-state index in [1.165, 1.54) is 12.1 Å². The first-order valence-corrected chi connectivity index (χ1v) is 5.40. The van der Waals surface area contributed by atoms with Crippen molar-refractivity contribution in [2.24, 2.45) is 0 Å². The van der Waals surface area contributed by atoms with Gasteiger partial charge < -0.3 is 10.2 Å². The zero-order valence-corrected chi connectivity index (χ0v) is 9.23. The topological polar surface area (TPSA) is 40.5 Å². The smallest absolute Gasteiger partial charge is 0.165 e. The average molecular weight is 232 g/mol. The fraction of sp³-hybridized carbons (Fsp3) is 0.143. The number of benzene rings is 2. The van der Waals surface area contributed by atoms with Crippen LogP contribution in [-0.2, 0) is 12.8 Å². The minimum Gasteiger partial charge on any atom is -0.508 e. The van der Waals surface area contributed by atoms with E-state index in [9.17, 15) is 4.39 Å². The number of phenols is 2. The Hall–Kier alpha value is -2.03. The van der Waals surface area contributed by atoms with E-state index in [0.29, 0.717) is 6.42 Å². The molecule has 0 atom stereocenters. The maximum absolute atomic E-state index is 13.1. The number of hydrogen-bond donors (Lipinski definition) is 2. The van der Waals surface area contributed by atoms with E-state index in [0.717, 1.165) is 17.5 Å². The van der Waals surface area contributed by atoms with Crippen LogP contribution < -0.4 is 0 Å². The quantitative estimate of drug-likeness (QED) is 0.854. The van der Waals surface area contributed by atoms with E-state index in [-0.39, 0.29) is 11.5 Å². The second kappa shape index (κ2) is 4.87. The van der Waals surface area contributed by atoms with E-state index in [1.54, 1.807) is 18.2 Å². The summed E-state index contributed by atoms with van der Waals surface area (Å²) < 4.78 is 13.1. The summed E-state index contributed by atoms with van der Waals surface area (Å²) in [5.74, 6) is -0.670. The summed E-state index contributed by atoms with van der Waals surface area (Å²) in [5, 5.41) is 18.2. The van der Waals surface area contributed by atoms with Crippen molar-refractivity contribution < 1.29 is 14.6 Å². The molecule has 0 radical (unpaired) electrons. The summed E-state index contributed by atoms with van der Waals surface area (Å²) in [6.07, 6.45) is 1.46. The van der Waals surface area contributed by atoms with Gasteiger partial charge in [0.25, 0.3) is 0 Å². The van der Waals surface area contributed by atoms with Gasteiger partial charge in [0, 0.05) is 0 Å². The highest BCUT2D eigenvalue weighted by molar-refractivity contribution is 5.30. The molecule has 0 saturated carbocycles. The average Bonchev–Trinajstić information content (AvgIpc) is 2.33. The van der Waals surface area contributed by atoms with E-state index in [1.807, 2.05) is 12.1 Å². The van der Waals surface area contributed by atoms with E-state index in [2.05, 4.69) is 0 Å². The minimum absolute atomic E-state index is 0.240. The van der Waals surface area contributed by atoms with Gasteiger partial charge in [-0.15, -0.1) is 0 Å². The first-order chi connectivity index (χ1) is 8.15. The molecule has 3 heteroatoms. The van der Waals surface area contributed by atoms with Crippen LogP contribution in [0.25, 0.3) is 0 Å². The number of aryl methyl sites for hydroxylation is 2. The molecule has 0 aliphatic heterocycles. The second-order valence-electron chi connectivity index (χ2n) is 3.95. The second-order valence-corrected chi connectivity index (χ2v) is 3.95. The third-order valence-corrected chi connectivity index (χ3v) is 2.65. The summed E-state index contributed by atoms with van der Waals surface area (Å²) in [7, 11) is 0. The lowest BCUT2D eigenvalue weighted by molar-refractivity contribution is 0.432. The van der Waals surface area contributed by atoms with Crippen LogP contribution in [0.3, 0.4) is 0 Å². The van der Waals surface area contributed by atoms with Gasteiger partial charge in [0.2, 0.25) is 0 Å². The Morgan fingerprint density at radius 2 is 1.41 bits per heavy atom. The molecule has 17 heavy (non-hydrogen) atoms. The van der Waals surface area contributed by atoms with Crippen LogP contribution in [0.5, 0.6) is 11.5 Å². The molecule has 2 aromatic rings. The molecule has 88 valence electrons. The Labute approximate surface area is 99.0 Å². The van der Waals surface area contributed by atoms with Gasteiger partial charge in [0.1, 0.15) is 5.75 Å². The predicted octanol–water partition coefficient (Wildman–Crippen LogP) is 3.02. The van der Waals surface area contributed by atoms with Gasteiger partial charge >= 0.3 is 0 Å². The Balaban J connectivity index is 2.02. The molecule has 0 aliphatic rings. The number of halogens is 1. The SMILES string of the molecule is Oc1ccc(CCc2ccc(O)c(F)c2)cc1. The molecule has 0 heterocycles. The van der Waals surface area contributed by atoms with Crippen molar-refractivity contribution in [1.29, 1.82) is 0 Å². The van der Waals surface area contributed by atoms with Crippen LogP contribution in [0.2, 0.25) is 0 Å². The summed E-state index contributed by atoms with van der Waals surface area (Å²) in [6.45, 7) is 0. The summed E-state index contributed by atoms with van der Waals surface area (Å²) in [5.41, 5.74) is 1.92. The van der Waals surface area contributed by atoms with Gasteiger partial charge in [-0.1, -0.05) is 18.2 Å². The maximum Gasteiger partial charge on any atom is 0.165 e. The molecule has 2 nitrogen and oxygen atoms in total. The zero-order valence-electron chi connectivity index (χ0n) is 9.23. The van der Waals surface area contributed by atoms with Crippen LogP contribution in [0, 0.1) is 5.82 Å². The molecular formula is C14H13FO2. The van der Waals surface area contributed by atoms with Crippen LogP contribution in [0.15, 0.2) is 42.5 Å². The standard InChI is InChI=1S/C14H13FO2/c15-13-9-11(5-8-14(13)17)2-1-10-3-6-12(16)7-4-10/h3-9,16-17H,1-2H2. The number of hydrogen-bond acceptors (Lipinski definition) is 2. The third kappa shape index (κ3) is 2.97. The molecule has 0 aliphatic carbocycles. The Kier molecular flexibility index (Phi) is 3.28. The Bertz CT molecular complexity index is 506. The number of phenolic OH excluding ortho intramolecular Hbond substituents is 2. The third-order valence-electron chi connectivity index (χ3n) is 2.65. The van der Waals surface area contributed by atoms with Crippen molar-refractivity contribution in [3.05, 3.63) is 59.4 Å². The van der Waals surface area contributed by atoms with Crippen molar-refractivity contribution in [1.82, 2.24) is 0 Å².